The Hall–Kier alpha value is -1.47. The Bertz CT molecular complexity index is 611. The van der Waals surface area contributed by atoms with Crippen molar-refractivity contribution in [3.63, 3.8) is 0 Å². The van der Waals surface area contributed by atoms with Gasteiger partial charge < -0.3 is 0 Å². The Morgan fingerprint density at radius 2 is 1.39 bits per heavy atom. The number of Topliss-reactive ketones (excluding diaryl/α,β-unsaturated/α-hetero) is 1. The highest BCUT2D eigenvalue weighted by Crippen LogP contribution is 2.29. The van der Waals surface area contributed by atoms with E-state index in [4.69, 9.17) is 0 Å². The third kappa shape index (κ3) is 1.47. The summed E-state index contributed by atoms with van der Waals surface area (Å²) in [5, 5.41) is 1.66. The van der Waals surface area contributed by atoms with Crippen LogP contribution in [0.25, 0.3) is 0 Å². The Labute approximate surface area is 111 Å². The molecule has 0 aromatic carbocycles. The summed E-state index contributed by atoms with van der Waals surface area (Å²) in [6.45, 7) is 0. The van der Waals surface area contributed by atoms with E-state index in [1.807, 2.05) is 12.2 Å². The fourth-order valence-corrected chi connectivity index (χ4v) is 3.52. The van der Waals surface area contributed by atoms with E-state index >= 15 is 0 Å². The molecule has 0 saturated carbocycles. The number of rotatable bonds is 2. The largest absolute Gasteiger partial charge is 0.281 e. The van der Waals surface area contributed by atoms with Gasteiger partial charge in [-0.2, -0.15) is 0 Å². The average molecular weight is 274 g/mol. The van der Waals surface area contributed by atoms with Gasteiger partial charge in [-0.1, -0.05) is 23.5 Å². The van der Waals surface area contributed by atoms with E-state index in [2.05, 4.69) is 20.0 Å². The highest BCUT2D eigenvalue weighted by molar-refractivity contribution is 8.15. The molecule has 4 rings (SSSR count). The highest BCUT2D eigenvalue weighted by Gasteiger charge is 2.31. The summed E-state index contributed by atoms with van der Waals surface area (Å²) in [6, 6.07) is 0. The first-order valence-electron chi connectivity index (χ1n) is 5.37. The van der Waals surface area contributed by atoms with Gasteiger partial charge in [-0.05, 0) is 12.2 Å². The zero-order valence-electron chi connectivity index (χ0n) is 9.08. The quantitative estimate of drug-likeness (QED) is 0.765. The standard InChI is InChI=1S/C11H6N4OS2/c16-7(8-12-5-1-3-17-10(5)14-8)9-13-6-2-4-18-11(6)15-9/h1-2H,3-4H2. The van der Waals surface area contributed by atoms with Gasteiger partial charge in [-0.25, -0.2) is 20.0 Å². The SMILES string of the molecule is O=C(C1=NC2=CCSC2=N1)C1=NC2=CCSC2=N1. The number of hydrogen-bond acceptors (Lipinski definition) is 7. The zero-order valence-corrected chi connectivity index (χ0v) is 10.7. The second-order valence-corrected chi connectivity index (χ2v) is 5.85. The first-order valence-corrected chi connectivity index (χ1v) is 7.34. The van der Waals surface area contributed by atoms with Gasteiger partial charge in [-0.15, -0.1) is 0 Å². The zero-order chi connectivity index (χ0) is 12.1. The Morgan fingerprint density at radius 3 is 1.83 bits per heavy atom. The molecule has 0 aliphatic carbocycles. The molecular weight excluding hydrogens is 268 g/mol. The molecule has 0 aromatic rings. The summed E-state index contributed by atoms with van der Waals surface area (Å²) in [6.07, 6.45) is 3.94. The Morgan fingerprint density at radius 1 is 0.889 bits per heavy atom. The van der Waals surface area contributed by atoms with E-state index in [9.17, 15) is 4.79 Å². The monoisotopic (exact) mass is 274 g/mol. The Balaban J connectivity index is 1.67. The van der Waals surface area contributed by atoms with E-state index < -0.39 is 0 Å². The van der Waals surface area contributed by atoms with E-state index in [1.54, 1.807) is 23.5 Å². The summed E-state index contributed by atoms with van der Waals surface area (Å²) in [5.41, 5.74) is 1.62. The lowest BCUT2D eigenvalue weighted by Gasteiger charge is -1.93. The third-order valence-corrected chi connectivity index (χ3v) is 4.52. The highest BCUT2D eigenvalue weighted by atomic mass is 32.2. The van der Waals surface area contributed by atoms with Gasteiger partial charge in [0.05, 0.1) is 11.4 Å². The van der Waals surface area contributed by atoms with E-state index in [-0.39, 0.29) is 17.5 Å². The molecule has 0 N–H and O–H groups in total. The van der Waals surface area contributed by atoms with E-state index in [0.29, 0.717) is 0 Å². The molecule has 4 aliphatic rings. The van der Waals surface area contributed by atoms with Crippen LogP contribution in [0, 0.1) is 0 Å². The molecule has 0 amide bonds. The summed E-state index contributed by atoms with van der Waals surface area (Å²) in [5.74, 6) is 1.88. The molecule has 0 bridgehead atoms. The van der Waals surface area contributed by atoms with Gasteiger partial charge >= 0.3 is 0 Å². The molecule has 0 aromatic heterocycles. The van der Waals surface area contributed by atoms with Crippen molar-refractivity contribution in [3.8, 4) is 0 Å². The number of amidine groups is 2. The lowest BCUT2D eigenvalue weighted by molar-refractivity contribution is -0.107. The van der Waals surface area contributed by atoms with Gasteiger partial charge in [0, 0.05) is 11.5 Å². The second-order valence-electron chi connectivity index (χ2n) is 3.83. The number of carbonyl (C=O) groups excluding carboxylic acids is 1. The number of carbonyl (C=O) groups is 1. The van der Waals surface area contributed by atoms with Gasteiger partial charge in [0.15, 0.2) is 0 Å². The molecule has 0 radical (unpaired) electrons. The van der Waals surface area contributed by atoms with Crippen LogP contribution in [-0.2, 0) is 4.79 Å². The molecule has 18 heavy (non-hydrogen) atoms. The van der Waals surface area contributed by atoms with Crippen molar-refractivity contribution in [3.05, 3.63) is 23.5 Å². The lowest BCUT2D eigenvalue weighted by atomic mass is 10.3. The fourth-order valence-electron chi connectivity index (χ4n) is 1.86. The van der Waals surface area contributed by atoms with Crippen LogP contribution in [0.5, 0.6) is 0 Å². The van der Waals surface area contributed by atoms with Crippen molar-refractivity contribution in [1.29, 1.82) is 0 Å². The number of fused-ring (bicyclic) bond motifs is 2. The lowest BCUT2D eigenvalue weighted by Crippen LogP contribution is -2.19. The topological polar surface area (TPSA) is 66.5 Å². The van der Waals surface area contributed by atoms with Crippen molar-refractivity contribution in [1.82, 2.24) is 0 Å². The smallest absolute Gasteiger partial charge is 0.267 e. The van der Waals surface area contributed by atoms with Gasteiger partial charge in [-0.3, -0.25) is 4.79 Å². The Kier molecular flexibility index (Phi) is 2.18. The van der Waals surface area contributed by atoms with Crippen LogP contribution < -0.4 is 0 Å². The molecule has 7 heteroatoms. The van der Waals surface area contributed by atoms with Crippen molar-refractivity contribution < 1.29 is 4.79 Å². The molecule has 4 aliphatic heterocycles. The number of thioether (sulfide) groups is 2. The fraction of sp³-hybridized carbons (Fsp3) is 0.182. The van der Waals surface area contributed by atoms with E-state index in [1.165, 1.54) is 0 Å². The van der Waals surface area contributed by atoms with Gasteiger partial charge in [0.25, 0.3) is 5.78 Å². The maximum Gasteiger partial charge on any atom is 0.267 e. The predicted octanol–water partition coefficient (Wildman–Crippen LogP) is 1.44. The molecule has 88 valence electrons. The summed E-state index contributed by atoms with van der Waals surface area (Å²) >= 11 is 3.19. The normalized spacial score (nSPS) is 23.8. The van der Waals surface area contributed by atoms with Crippen LogP contribution in [-0.4, -0.2) is 39.0 Å². The van der Waals surface area contributed by atoms with Crippen molar-refractivity contribution in [2.45, 2.75) is 0 Å². The number of nitrogens with zero attached hydrogens (tertiary/aromatic N) is 4. The maximum absolute atomic E-state index is 12.2. The molecule has 0 atom stereocenters. The summed E-state index contributed by atoms with van der Waals surface area (Å²) in [7, 11) is 0. The average Bonchev–Trinajstić information content (AvgIpc) is 3.06. The van der Waals surface area contributed by atoms with Crippen LogP contribution in [0.1, 0.15) is 0 Å². The van der Waals surface area contributed by atoms with Crippen LogP contribution in [0.15, 0.2) is 43.5 Å². The van der Waals surface area contributed by atoms with Crippen molar-refractivity contribution in [2.24, 2.45) is 20.0 Å². The maximum atomic E-state index is 12.2. The third-order valence-electron chi connectivity index (χ3n) is 2.71. The molecule has 0 spiro atoms. The van der Waals surface area contributed by atoms with Crippen LogP contribution in [0.4, 0.5) is 0 Å². The van der Waals surface area contributed by atoms with Crippen LogP contribution in [0.3, 0.4) is 0 Å². The predicted molar refractivity (Wildman–Crippen MR) is 75.8 cm³/mol. The first kappa shape index (κ1) is 10.5. The van der Waals surface area contributed by atoms with Crippen LogP contribution in [0.2, 0.25) is 0 Å². The summed E-state index contributed by atoms with van der Waals surface area (Å²) in [4.78, 5) is 29.0. The van der Waals surface area contributed by atoms with Crippen LogP contribution >= 0.6 is 23.5 Å². The molecule has 4 heterocycles. The summed E-state index contributed by atoms with van der Waals surface area (Å²) < 4.78 is 0. The number of ketones is 1. The van der Waals surface area contributed by atoms with Gasteiger partial charge in [0.2, 0.25) is 11.7 Å². The minimum atomic E-state index is -0.290. The minimum Gasteiger partial charge on any atom is -0.281 e. The minimum absolute atomic E-state index is 0.206. The number of aliphatic imine (C=N–C) groups is 4. The first-order chi connectivity index (χ1) is 8.81. The number of hydrogen-bond donors (Lipinski definition) is 0. The van der Waals surface area contributed by atoms with Crippen molar-refractivity contribution >= 4 is 51.1 Å². The van der Waals surface area contributed by atoms with Crippen molar-refractivity contribution in [2.75, 3.05) is 11.5 Å². The molecule has 0 saturated heterocycles. The van der Waals surface area contributed by atoms with Gasteiger partial charge in [0.1, 0.15) is 10.1 Å². The molecular formula is C11H6N4OS2. The molecule has 0 fully saturated rings. The molecule has 0 unspecified atom stereocenters. The second kappa shape index (κ2) is 3.76. The van der Waals surface area contributed by atoms with E-state index in [0.717, 1.165) is 33.0 Å². The molecule has 5 nitrogen and oxygen atoms in total.